The summed E-state index contributed by atoms with van der Waals surface area (Å²) in [6.07, 6.45) is 0.552. The van der Waals surface area contributed by atoms with Crippen LogP contribution in [0.2, 0.25) is 0 Å². The Kier molecular flexibility index (Phi) is 6.94. The molecule has 0 aliphatic carbocycles. The first-order valence-electron chi connectivity index (χ1n) is 11.5. The van der Waals surface area contributed by atoms with E-state index in [1.807, 2.05) is 6.92 Å². The quantitative estimate of drug-likeness (QED) is 0.275. The molecule has 3 fully saturated rings. The molecular formula is C21H31N5O7S2. The zero-order chi connectivity index (χ0) is 25.8. The van der Waals surface area contributed by atoms with Crippen LogP contribution >= 0.6 is 11.8 Å². The first kappa shape index (κ1) is 25.9. The lowest BCUT2D eigenvalue weighted by molar-refractivity contribution is -0.158. The van der Waals surface area contributed by atoms with E-state index in [0.29, 0.717) is 17.9 Å². The van der Waals surface area contributed by atoms with E-state index in [4.69, 9.17) is 0 Å². The molecule has 0 aromatic heterocycles. The SMILES string of the molecule is C[C@@H](NC(=O)[C@@H]1CS(=O)(=O)CN1)[C@H]1C(=O)N2C(C(=O)O)=C(S[C@@H]3CN[C@H](C(=O)N(C)C)C3)[C@H](C)[C@H]12. The molecular weight excluding hydrogens is 498 g/mol. The van der Waals surface area contributed by atoms with Gasteiger partial charge in [0.15, 0.2) is 9.84 Å². The van der Waals surface area contributed by atoms with E-state index in [2.05, 4.69) is 16.0 Å². The van der Waals surface area contributed by atoms with Crippen molar-refractivity contribution in [3.05, 3.63) is 10.6 Å². The highest BCUT2D eigenvalue weighted by molar-refractivity contribution is 8.03. The molecule has 4 aliphatic heterocycles. The largest absolute Gasteiger partial charge is 0.477 e. The number of aliphatic carboxylic acids is 1. The van der Waals surface area contributed by atoms with Crippen LogP contribution in [0, 0.1) is 11.8 Å². The zero-order valence-electron chi connectivity index (χ0n) is 20.0. The van der Waals surface area contributed by atoms with Crippen molar-refractivity contribution in [3.8, 4) is 0 Å². The molecule has 4 heterocycles. The lowest BCUT2D eigenvalue weighted by Crippen LogP contribution is -2.66. The monoisotopic (exact) mass is 529 g/mol. The van der Waals surface area contributed by atoms with Gasteiger partial charge in [-0.25, -0.2) is 13.2 Å². The van der Waals surface area contributed by atoms with Gasteiger partial charge in [-0.3, -0.25) is 19.7 Å². The van der Waals surface area contributed by atoms with Crippen LogP contribution in [0.1, 0.15) is 20.3 Å². The molecule has 3 amide bonds. The fourth-order valence-corrected chi connectivity index (χ4v) is 8.18. The number of thioether (sulfide) groups is 1. The van der Waals surface area contributed by atoms with Crippen LogP contribution in [0.5, 0.6) is 0 Å². The summed E-state index contributed by atoms with van der Waals surface area (Å²) in [6.45, 7) is 4.10. The maximum Gasteiger partial charge on any atom is 0.353 e. The van der Waals surface area contributed by atoms with E-state index < -0.39 is 45.8 Å². The second kappa shape index (κ2) is 9.37. The Bertz CT molecular complexity index is 1090. The number of hydrogen-bond acceptors (Lipinski definition) is 9. The van der Waals surface area contributed by atoms with Gasteiger partial charge in [0, 0.05) is 42.8 Å². The smallest absolute Gasteiger partial charge is 0.353 e. The second-order valence-corrected chi connectivity index (χ2v) is 13.3. The zero-order valence-corrected chi connectivity index (χ0v) is 21.6. The molecule has 12 nitrogen and oxygen atoms in total. The Morgan fingerprint density at radius 3 is 2.49 bits per heavy atom. The van der Waals surface area contributed by atoms with Crippen LogP contribution in [-0.4, -0.2) is 109 Å². The van der Waals surface area contributed by atoms with Crippen LogP contribution < -0.4 is 16.0 Å². The molecule has 0 spiro atoms. The number of amides is 3. The standard InChI is InChI=1S/C21H31N5O7S2/c1-9-15-14(10(2)24-18(27)13-7-35(32,33)8-23-13)20(29)26(15)16(21(30)31)17(9)34-11-5-12(22-6-11)19(28)25(3)4/h9-15,22-23H,5-8H2,1-4H3,(H,24,27)(H,30,31)/t9-,10-,11+,12+,13+,14-,15-/m1/s1. The summed E-state index contributed by atoms with van der Waals surface area (Å²) >= 11 is 1.40. The Balaban J connectivity index is 1.45. The Hall–Kier alpha value is -2.16. The Morgan fingerprint density at radius 1 is 1.23 bits per heavy atom. The predicted octanol–water partition coefficient (Wildman–Crippen LogP) is -1.84. The molecule has 35 heavy (non-hydrogen) atoms. The van der Waals surface area contributed by atoms with Gasteiger partial charge in [-0.1, -0.05) is 6.92 Å². The second-order valence-electron chi connectivity index (χ2n) is 9.81. The molecule has 14 heteroatoms. The molecule has 0 saturated carbocycles. The number of likely N-dealkylation sites (N-methyl/N-ethyl adjacent to an activating group) is 1. The van der Waals surface area contributed by atoms with Crippen molar-refractivity contribution in [2.45, 2.75) is 49.7 Å². The number of carbonyl (C=O) groups is 4. The van der Waals surface area contributed by atoms with Gasteiger partial charge in [-0.2, -0.15) is 0 Å². The van der Waals surface area contributed by atoms with Crippen molar-refractivity contribution in [1.29, 1.82) is 0 Å². The van der Waals surface area contributed by atoms with Crippen LogP contribution in [0.15, 0.2) is 10.6 Å². The van der Waals surface area contributed by atoms with Gasteiger partial charge >= 0.3 is 5.97 Å². The van der Waals surface area contributed by atoms with Crippen molar-refractivity contribution in [3.63, 3.8) is 0 Å². The van der Waals surface area contributed by atoms with Crippen LogP contribution in [0.25, 0.3) is 0 Å². The van der Waals surface area contributed by atoms with E-state index in [9.17, 15) is 32.7 Å². The third-order valence-electron chi connectivity index (χ3n) is 7.11. The predicted molar refractivity (Wildman–Crippen MR) is 128 cm³/mol. The van der Waals surface area contributed by atoms with Gasteiger partial charge < -0.3 is 25.5 Å². The lowest BCUT2D eigenvalue weighted by atomic mass is 9.78. The van der Waals surface area contributed by atoms with Gasteiger partial charge in [0.25, 0.3) is 0 Å². The number of nitrogens with zero attached hydrogens (tertiary/aromatic N) is 2. The summed E-state index contributed by atoms with van der Waals surface area (Å²) in [6, 6.07) is -2.22. The first-order valence-corrected chi connectivity index (χ1v) is 14.2. The minimum absolute atomic E-state index is 0.0181. The number of carboxylic acid groups (broad SMARTS) is 1. The molecule has 4 aliphatic rings. The molecule has 0 aromatic rings. The van der Waals surface area contributed by atoms with Gasteiger partial charge in [0.2, 0.25) is 17.7 Å². The van der Waals surface area contributed by atoms with Gasteiger partial charge in [0.05, 0.1) is 29.6 Å². The number of nitrogens with one attached hydrogen (secondary N) is 3. The lowest BCUT2D eigenvalue weighted by Gasteiger charge is -2.47. The molecule has 4 N–H and O–H groups in total. The molecule has 0 bridgehead atoms. The number of hydrogen-bond donors (Lipinski definition) is 4. The molecule has 4 rings (SSSR count). The minimum atomic E-state index is -3.32. The fourth-order valence-electron chi connectivity index (χ4n) is 5.35. The van der Waals surface area contributed by atoms with Crippen molar-refractivity contribution in [2.75, 3.05) is 32.3 Å². The third kappa shape index (κ3) is 4.68. The third-order valence-corrected chi connectivity index (χ3v) is 10.1. The molecule has 0 radical (unpaired) electrons. The normalized spacial score (nSPS) is 34.4. The first-order chi connectivity index (χ1) is 16.3. The highest BCUT2D eigenvalue weighted by Crippen LogP contribution is 2.51. The van der Waals surface area contributed by atoms with E-state index in [-0.39, 0.29) is 46.4 Å². The summed E-state index contributed by atoms with van der Waals surface area (Å²) in [5.74, 6) is -3.53. The number of carbonyl (C=O) groups excluding carboxylic acids is 3. The average Bonchev–Trinajstić information content (AvgIpc) is 3.44. The van der Waals surface area contributed by atoms with Crippen molar-refractivity contribution >= 4 is 45.3 Å². The Morgan fingerprint density at radius 2 is 1.91 bits per heavy atom. The maximum atomic E-state index is 13.0. The van der Waals surface area contributed by atoms with E-state index >= 15 is 0 Å². The summed E-state index contributed by atoms with van der Waals surface area (Å²) in [5.41, 5.74) is -0.0294. The number of rotatable bonds is 7. The molecule has 3 saturated heterocycles. The van der Waals surface area contributed by atoms with E-state index in [1.165, 1.54) is 21.6 Å². The van der Waals surface area contributed by atoms with Crippen LogP contribution in [-0.2, 0) is 29.0 Å². The Labute approximate surface area is 208 Å². The molecule has 0 unspecified atom stereocenters. The van der Waals surface area contributed by atoms with Crippen molar-refractivity contribution < 1.29 is 32.7 Å². The topological polar surface area (TPSA) is 165 Å². The van der Waals surface area contributed by atoms with Crippen molar-refractivity contribution in [2.24, 2.45) is 11.8 Å². The average molecular weight is 530 g/mol. The van der Waals surface area contributed by atoms with Gasteiger partial charge in [-0.05, 0) is 13.3 Å². The molecule has 194 valence electrons. The van der Waals surface area contributed by atoms with Crippen molar-refractivity contribution in [1.82, 2.24) is 25.8 Å². The van der Waals surface area contributed by atoms with Crippen LogP contribution in [0.3, 0.4) is 0 Å². The highest BCUT2D eigenvalue weighted by Gasteiger charge is 2.60. The number of sulfone groups is 1. The van der Waals surface area contributed by atoms with Gasteiger partial charge in [-0.15, -0.1) is 11.8 Å². The maximum absolute atomic E-state index is 13.0. The van der Waals surface area contributed by atoms with E-state index in [0.717, 1.165) is 0 Å². The van der Waals surface area contributed by atoms with Gasteiger partial charge in [0.1, 0.15) is 11.7 Å². The van der Waals surface area contributed by atoms with E-state index in [1.54, 1.807) is 21.0 Å². The molecule has 0 aromatic carbocycles. The number of carboxylic acids is 1. The number of fused-ring (bicyclic) bond motifs is 1. The minimum Gasteiger partial charge on any atom is -0.477 e. The molecule has 7 atom stereocenters. The summed E-state index contributed by atoms with van der Waals surface area (Å²) in [7, 11) is 0.0525. The summed E-state index contributed by atoms with van der Waals surface area (Å²) in [4.78, 5) is 53.5. The highest BCUT2D eigenvalue weighted by atomic mass is 32.2. The summed E-state index contributed by atoms with van der Waals surface area (Å²) < 4.78 is 23.3. The summed E-state index contributed by atoms with van der Waals surface area (Å²) in [5, 5.41) is 18.5. The number of β-lactam (4-membered cyclic amide) rings is 1. The van der Waals surface area contributed by atoms with Crippen LogP contribution in [0.4, 0.5) is 0 Å². The fraction of sp³-hybridized carbons (Fsp3) is 0.714.